The number of hydrogen-bond donors (Lipinski definition) is 1. The normalized spacial score (nSPS) is 18.2. The molecular formula is C49H39IN2O5. The number of terminal acetylenes is 1. The Morgan fingerprint density at radius 1 is 0.614 bits per heavy atom. The SMILES string of the molecule is C#Cc1cn([C@@H]2O[C@H](COC(c3ccccc3)(c3ccccc3)c3ccccc3)[C@@H](I)[C@H]2OC(c2ccccc2)(c2ccccc2)c2ccccc2)c(=O)[nH]c1=O. The number of aromatic amines is 1. The minimum Gasteiger partial charge on any atom is -0.358 e. The minimum absolute atomic E-state index is 0.00153. The van der Waals surface area contributed by atoms with Gasteiger partial charge in [0.1, 0.15) is 22.9 Å². The number of halogens is 1. The lowest BCUT2D eigenvalue weighted by Gasteiger charge is -2.40. The molecule has 6 aromatic carbocycles. The van der Waals surface area contributed by atoms with E-state index in [1.807, 2.05) is 146 Å². The van der Waals surface area contributed by atoms with Crippen molar-refractivity contribution in [3.63, 3.8) is 0 Å². The molecular weight excluding hydrogens is 823 g/mol. The topological polar surface area (TPSA) is 82.6 Å². The number of rotatable bonds is 12. The first-order valence-corrected chi connectivity index (χ1v) is 20.0. The maximum atomic E-state index is 13.8. The lowest BCUT2D eigenvalue weighted by Crippen LogP contribution is -2.44. The summed E-state index contributed by atoms with van der Waals surface area (Å²) in [5, 5.41) is 0. The zero-order valence-corrected chi connectivity index (χ0v) is 33.0. The first kappa shape index (κ1) is 38.1. The van der Waals surface area contributed by atoms with Gasteiger partial charge in [-0.05, 0) is 33.4 Å². The van der Waals surface area contributed by atoms with Crippen LogP contribution in [0.4, 0.5) is 0 Å². The summed E-state index contributed by atoms with van der Waals surface area (Å²) in [7, 11) is 0. The quantitative estimate of drug-likeness (QED) is 0.0577. The molecule has 0 amide bonds. The maximum absolute atomic E-state index is 13.8. The molecule has 1 saturated heterocycles. The zero-order chi connectivity index (χ0) is 39.2. The monoisotopic (exact) mass is 862 g/mol. The zero-order valence-electron chi connectivity index (χ0n) is 30.9. The summed E-state index contributed by atoms with van der Waals surface area (Å²) in [6.45, 7) is 0.109. The molecule has 1 aliphatic rings. The lowest BCUT2D eigenvalue weighted by atomic mass is 9.79. The van der Waals surface area contributed by atoms with E-state index in [0.29, 0.717) is 0 Å². The molecule has 1 N–H and O–H groups in total. The molecule has 282 valence electrons. The third kappa shape index (κ3) is 7.20. The predicted molar refractivity (Wildman–Crippen MR) is 230 cm³/mol. The molecule has 8 rings (SSSR count). The Morgan fingerprint density at radius 3 is 1.35 bits per heavy atom. The van der Waals surface area contributed by atoms with Crippen molar-refractivity contribution in [2.24, 2.45) is 0 Å². The molecule has 2 heterocycles. The van der Waals surface area contributed by atoms with Gasteiger partial charge in [0.2, 0.25) is 0 Å². The molecule has 7 nitrogen and oxygen atoms in total. The Bertz CT molecular complexity index is 2370. The van der Waals surface area contributed by atoms with Crippen LogP contribution in [0, 0.1) is 12.3 Å². The maximum Gasteiger partial charge on any atom is 0.330 e. The molecule has 0 radical (unpaired) electrons. The van der Waals surface area contributed by atoms with Gasteiger partial charge in [-0.1, -0.05) is 211 Å². The van der Waals surface area contributed by atoms with Gasteiger partial charge in [0.15, 0.2) is 6.23 Å². The number of H-pyrrole nitrogens is 1. The molecule has 0 saturated carbocycles. The summed E-state index contributed by atoms with van der Waals surface area (Å²) in [6.07, 6.45) is 4.74. The van der Waals surface area contributed by atoms with Crippen LogP contribution >= 0.6 is 22.6 Å². The summed E-state index contributed by atoms with van der Waals surface area (Å²) in [4.78, 5) is 28.9. The van der Waals surface area contributed by atoms with Crippen LogP contribution in [-0.2, 0) is 25.4 Å². The third-order valence-electron chi connectivity index (χ3n) is 10.5. The van der Waals surface area contributed by atoms with Crippen LogP contribution in [0.15, 0.2) is 198 Å². The first-order valence-electron chi connectivity index (χ1n) is 18.7. The van der Waals surface area contributed by atoms with Gasteiger partial charge in [-0.3, -0.25) is 14.3 Å². The van der Waals surface area contributed by atoms with Crippen LogP contribution in [0.2, 0.25) is 0 Å². The molecule has 1 aromatic heterocycles. The Morgan fingerprint density at radius 2 is 0.982 bits per heavy atom. The number of nitrogens with zero attached hydrogens (tertiary/aromatic N) is 1. The van der Waals surface area contributed by atoms with Crippen LogP contribution in [0.5, 0.6) is 0 Å². The number of alkyl halides is 1. The van der Waals surface area contributed by atoms with E-state index < -0.39 is 44.8 Å². The Labute approximate surface area is 345 Å². The van der Waals surface area contributed by atoms with Gasteiger partial charge in [-0.2, -0.15) is 0 Å². The Hall–Kier alpha value is -5.83. The predicted octanol–water partition coefficient (Wildman–Crippen LogP) is 8.60. The van der Waals surface area contributed by atoms with Crippen molar-refractivity contribution in [3.05, 3.63) is 248 Å². The smallest absolute Gasteiger partial charge is 0.330 e. The van der Waals surface area contributed by atoms with Crippen LogP contribution < -0.4 is 11.2 Å². The van der Waals surface area contributed by atoms with Crippen LogP contribution in [0.3, 0.4) is 0 Å². The van der Waals surface area contributed by atoms with Crippen molar-refractivity contribution in [1.82, 2.24) is 9.55 Å². The standard InChI is InChI=1S/C49H39IN2O5/c1-2-35-33-52(47(54)51-45(35)53)46-44(57-49(39-27-15-6-16-28-39,40-29-17-7-18-30-40)41-31-19-8-20-32-41)43(50)42(56-46)34-55-48(36-21-9-3-10-22-36,37-23-11-4-12-24-37)38-25-13-5-14-26-38/h1,3-33,42-44,46H,34H2,(H,51,53,54)/t42-,43-,44-,46-/m1/s1. The van der Waals surface area contributed by atoms with Crippen molar-refractivity contribution in [2.75, 3.05) is 6.61 Å². The average Bonchev–Trinajstić information content (AvgIpc) is 3.58. The van der Waals surface area contributed by atoms with Gasteiger partial charge in [-0.25, -0.2) is 4.79 Å². The number of hydrogen-bond acceptors (Lipinski definition) is 5. The summed E-state index contributed by atoms with van der Waals surface area (Å²) in [5.74, 6) is 2.42. The second-order valence-electron chi connectivity index (χ2n) is 13.8. The Balaban J connectivity index is 1.28. The summed E-state index contributed by atoms with van der Waals surface area (Å²) in [6, 6.07) is 60.6. The lowest BCUT2D eigenvalue weighted by molar-refractivity contribution is -0.119. The molecule has 4 atom stereocenters. The Kier molecular flexibility index (Phi) is 11.2. The van der Waals surface area contributed by atoms with Crippen molar-refractivity contribution in [2.45, 2.75) is 33.6 Å². The molecule has 0 bridgehead atoms. The fourth-order valence-electron chi connectivity index (χ4n) is 7.86. The van der Waals surface area contributed by atoms with E-state index in [-0.39, 0.29) is 12.2 Å². The molecule has 57 heavy (non-hydrogen) atoms. The largest absolute Gasteiger partial charge is 0.358 e. The van der Waals surface area contributed by atoms with Gasteiger partial charge >= 0.3 is 5.69 Å². The molecule has 7 aromatic rings. The van der Waals surface area contributed by atoms with Crippen LogP contribution in [-0.4, -0.2) is 32.3 Å². The molecule has 1 fully saturated rings. The van der Waals surface area contributed by atoms with E-state index in [9.17, 15) is 9.59 Å². The van der Waals surface area contributed by atoms with Gasteiger partial charge < -0.3 is 14.2 Å². The van der Waals surface area contributed by atoms with Crippen molar-refractivity contribution in [1.29, 1.82) is 0 Å². The average molecular weight is 863 g/mol. The van der Waals surface area contributed by atoms with Gasteiger partial charge in [0, 0.05) is 6.20 Å². The molecule has 0 unspecified atom stereocenters. The van der Waals surface area contributed by atoms with E-state index in [1.54, 1.807) is 0 Å². The number of ether oxygens (including phenoxy) is 3. The first-order chi connectivity index (χ1) is 28.0. The van der Waals surface area contributed by atoms with E-state index >= 15 is 0 Å². The highest BCUT2D eigenvalue weighted by atomic mass is 127. The number of aromatic nitrogens is 2. The van der Waals surface area contributed by atoms with Crippen molar-refractivity contribution >= 4 is 22.6 Å². The third-order valence-corrected chi connectivity index (χ3v) is 12.0. The number of benzene rings is 6. The van der Waals surface area contributed by atoms with E-state index in [2.05, 4.69) is 69.9 Å². The fraction of sp³-hybridized carbons (Fsp3) is 0.143. The summed E-state index contributed by atoms with van der Waals surface area (Å²) in [5.41, 5.74) is 2.01. The van der Waals surface area contributed by atoms with Gasteiger partial charge in [0.25, 0.3) is 5.56 Å². The minimum atomic E-state index is -1.15. The molecule has 1 aliphatic heterocycles. The van der Waals surface area contributed by atoms with Crippen LogP contribution in [0.25, 0.3) is 0 Å². The fourth-order valence-corrected chi connectivity index (χ4v) is 8.74. The van der Waals surface area contributed by atoms with E-state index in [4.69, 9.17) is 20.6 Å². The summed E-state index contributed by atoms with van der Waals surface area (Å²) < 4.78 is 22.8. The molecule has 0 spiro atoms. The molecule has 0 aliphatic carbocycles. The highest BCUT2D eigenvalue weighted by Crippen LogP contribution is 2.48. The van der Waals surface area contributed by atoms with E-state index in [1.165, 1.54) is 10.8 Å². The second kappa shape index (κ2) is 16.7. The van der Waals surface area contributed by atoms with Gasteiger partial charge in [0.05, 0.1) is 16.6 Å². The highest BCUT2D eigenvalue weighted by Gasteiger charge is 2.52. The summed E-state index contributed by atoms with van der Waals surface area (Å²) >= 11 is 2.37. The van der Waals surface area contributed by atoms with E-state index in [0.717, 1.165) is 33.4 Å². The highest BCUT2D eigenvalue weighted by molar-refractivity contribution is 14.1. The molecule has 8 heteroatoms. The second-order valence-corrected chi connectivity index (χ2v) is 15.3. The van der Waals surface area contributed by atoms with Crippen LogP contribution in [0.1, 0.15) is 45.2 Å². The number of nitrogens with one attached hydrogen (secondary N) is 1. The van der Waals surface area contributed by atoms with Gasteiger partial charge in [-0.15, -0.1) is 6.42 Å². The van der Waals surface area contributed by atoms with Crippen molar-refractivity contribution in [3.8, 4) is 12.3 Å². The van der Waals surface area contributed by atoms with Crippen molar-refractivity contribution < 1.29 is 14.2 Å².